The molecule has 142 valence electrons. The van der Waals surface area contributed by atoms with Gasteiger partial charge in [0.1, 0.15) is 6.10 Å². The highest BCUT2D eigenvalue weighted by atomic mass is 16.3. The van der Waals surface area contributed by atoms with Crippen molar-refractivity contribution in [3.63, 3.8) is 0 Å². The van der Waals surface area contributed by atoms with Crippen molar-refractivity contribution in [3.8, 4) is 0 Å². The standard InChI is InChI=1S/C18H35NO5/c1-11(2)9-12(3)15(22)13(10-20)19-17(24)16(23)14(21)7-8-18(4,5)6/h7-8,11-16,20-23H,9-10H2,1-6H3,(H,19,24)/b8-7+/t12?,13-,14?,15+,16?/m0/s1. The molecule has 5 N–H and O–H groups in total. The van der Waals surface area contributed by atoms with E-state index >= 15 is 0 Å². The van der Waals surface area contributed by atoms with Crippen molar-refractivity contribution in [2.45, 2.75) is 72.3 Å². The maximum absolute atomic E-state index is 12.1. The van der Waals surface area contributed by atoms with Crippen LogP contribution in [0.1, 0.15) is 48.0 Å². The number of carbonyl (C=O) groups excluding carboxylic acids is 1. The second-order valence-electron chi connectivity index (χ2n) is 8.06. The summed E-state index contributed by atoms with van der Waals surface area (Å²) in [6.07, 6.45) is -0.129. The number of amides is 1. The highest BCUT2D eigenvalue weighted by Crippen LogP contribution is 2.18. The van der Waals surface area contributed by atoms with Crippen LogP contribution < -0.4 is 5.32 Å². The second-order valence-corrected chi connectivity index (χ2v) is 8.06. The number of hydrogen-bond donors (Lipinski definition) is 5. The Bertz CT molecular complexity index is 403. The first-order chi connectivity index (χ1) is 10.9. The first kappa shape index (κ1) is 23.1. The molecular formula is C18H35NO5. The van der Waals surface area contributed by atoms with E-state index in [1.54, 1.807) is 6.08 Å². The largest absolute Gasteiger partial charge is 0.394 e. The monoisotopic (exact) mass is 345 g/mol. The summed E-state index contributed by atoms with van der Waals surface area (Å²) in [7, 11) is 0. The van der Waals surface area contributed by atoms with Crippen molar-refractivity contribution in [3.05, 3.63) is 12.2 Å². The fraction of sp³-hybridized carbons (Fsp3) is 0.833. The normalized spacial score (nSPS) is 19.1. The van der Waals surface area contributed by atoms with Gasteiger partial charge in [-0.05, 0) is 23.7 Å². The van der Waals surface area contributed by atoms with Crippen molar-refractivity contribution in [2.24, 2.45) is 17.3 Å². The van der Waals surface area contributed by atoms with Gasteiger partial charge in [-0.15, -0.1) is 0 Å². The Balaban J connectivity index is 4.77. The molecule has 3 unspecified atom stereocenters. The van der Waals surface area contributed by atoms with E-state index in [4.69, 9.17) is 0 Å². The summed E-state index contributed by atoms with van der Waals surface area (Å²) < 4.78 is 0. The van der Waals surface area contributed by atoms with Gasteiger partial charge in [0.25, 0.3) is 5.91 Å². The molecule has 6 nitrogen and oxygen atoms in total. The SMILES string of the molecule is CC(C)CC(C)[C@@H](O)[C@H](CO)NC(=O)C(O)C(O)/C=C/C(C)(C)C. The summed E-state index contributed by atoms with van der Waals surface area (Å²) in [5.74, 6) is -0.569. The minimum absolute atomic E-state index is 0.120. The Kier molecular flexibility index (Phi) is 9.73. The molecule has 0 aliphatic carbocycles. The van der Waals surface area contributed by atoms with E-state index in [9.17, 15) is 25.2 Å². The van der Waals surface area contributed by atoms with Crippen molar-refractivity contribution >= 4 is 5.91 Å². The lowest BCUT2D eigenvalue weighted by molar-refractivity contribution is -0.135. The lowest BCUT2D eigenvalue weighted by Gasteiger charge is -2.29. The minimum Gasteiger partial charge on any atom is -0.394 e. The molecule has 0 aliphatic heterocycles. The van der Waals surface area contributed by atoms with Gasteiger partial charge in [0.15, 0.2) is 6.10 Å². The number of aliphatic hydroxyl groups is 4. The maximum Gasteiger partial charge on any atom is 0.252 e. The van der Waals surface area contributed by atoms with Crippen LogP contribution in [0.2, 0.25) is 0 Å². The molecule has 0 aliphatic rings. The Morgan fingerprint density at radius 2 is 1.67 bits per heavy atom. The van der Waals surface area contributed by atoms with Crippen LogP contribution in [-0.2, 0) is 4.79 Å². The summed E-state index contributed by atoms with van der Waals surface area (Å²) in [4.78, 5) is 12.1. The number of nitrogens with one attached hydrogen (secondary N) is 1. The van der Waals surface area contributed by atoms with Gasteiger partial charge in [-0.2, -0.15) is 0 Å². The summed E-state index contributed by atoms with van der Waals surface area (Å²) >= 11 is 0. The van der Waals surface area contributed by atoms with Crippen LogP contribution in [-0.4, -0.2) is 57.3 Å². The van der Waals surface area contributed by atoms with Gasteiger partial charge < -0.3 is 25.7 Å². The average molecular weight is 345 g/mol. The molecule has 0 aromatic rings. The maximum atomic E-state index is 12.1. The number of allylic oxidation sites excluding steroid dienone is 1. The van der Waals surface area contributed by atoms with Gasteiger partial charge in [0.2, 0.25) is 0 Å². The molecule has 1 amide bonds. The van der Waals surface area contributed by atoms with Gasteiger partial charge in [-0.25, -0.2) is 0 Å². The molecule has 0 fully saturated rings. The van der Waals surface area contributed by atoms with E-state index < -0.39 is 36.9 Å². The van der Waals surface area contributed by atoms with Crippen LogP contribution in [0.5, 0.6) is 0 Å². The topological polar surface area (TPSA) is 110 Å². The molecule has 0 spiro atoms. The molecule has 0 saturated carbocycles. The summed E-state index contributed by atoms with van der Waals surface area (Å²) in [6.45, 7) is 11.2. The van der Waals surface area contributed by atoms with Crippen LogP contribution in [0.25, 0.3) is 0 Å². The summed E-state index contributed by atoms with van der Waals surface area (Å²) in [5.41, 5.74) is -0.187. The fourth-order valence-corrected chi connectivity index (χ4v) is 2.43. The average Bonchev–Trinajstić information content (AvgIpc) is 2.46. The lowest BCUT2D eigenvalue weighted by Crippen LogP contribution is -2.53. The van der Waals surface area contributed by atoms with Crippen molar-refractivity contribution < 1.29 is 25.2 Å². The minimum atomic E-state index is -1.66. The van der Waals surface area contributed by atoms with Gasteiger partial charge in [0.05, 0.1) is 18.8 Å². The van der Waals surface area contributed by atoms with Gasteiger partial charge in [0, 0.05) is 0 Å². The van der Waals surface area contributed by atoms with Crippen LogP contribution in [0, 0.1) is 17.3 Å². The van der Waals surface area contributed by atoms with Crippen LogP contribution in [0.3, 0.4) is 0 Å². The van der Waals surface area contributed by atoms with Crippen LogP contribution >= 0.6 is 0 Å². The Morgan fingerprint density at radius 3 is 2.08 bits per heavy atom. The molecule has 5 atom stereocenters. The van der Waals surface area contributed by atoms with E-state index in [0.717, 1.165) is 6.42 Å². The van der Waals surface area contributed by atoms with Crippen LogP contribution in [0.4, 0.5) is 0 Å². The lowest BCUT2D eigenvalue weighted by atomic mass is 9.90. The first-order valence-electron chi connectivity index (χ1n) is 8.53. The molecule has 0 radical (unpaired) electrons. The van der Waals surface area contributed by atoms with Crippen molar-refractivity contribution in [1.82, 2.24) is 5.32 Å². The predicted octanol–water partition coefficient (Wildman–Crippen LogP) is 0.831. The third-order valence-corrected chi connectivity index (χ3v) is 3.75. The summed E-state index contributed by atoms with van der Waals surface area (Å²) in [5, 5.41) is 41.9. The number of rotatable bonds is 9. The smallest absolute Gasteiger partial charge is 0.252 e. The van der Waals surface area contributed by atoms with Gasteiger partial charge >= 0.3 is 0 Å². The molecule has 24 heavy (non-hydrogen) atoms. The molecule has 0 bridgehead atoms. The number of hydrogen-bond acceptors (Lipinski definition) is 5. The molecule has 6 heteroatoms. The zero-order chi connectivity index (χ0) is 19.1. The highest BCUT2D eigenvalue weighted by molar-refractivity contribution is 5.81. The molecule has 0 aromatic heterocycles. The predicted molar refractivity (Wildman–Crippen MR) is 94.3 cm³/mol. The number of aliphatic hydroxyl groups excluding tert-OH is 4. The molecule has 0 saturated heterocycles. The fourth-order valence-electron chi connectivity index (χ4n) is 2.43. The number of carbonyl (C=O) groups is 1. The molecule has 0 heterocycles. The van der Waals surface area contributed by atoms with Gasteiger partial charge in [-0.3, -0.25) is 4.79 Å². The first-order valence-corrected chi connectivity index (χ1v) is 8.53. The molecule has 0 aromatic carbocycles. The molecule has 0 rings (SSSR count). The van der Waals surface area contributed by atoms with Gasteiger partial charge in [-0.1, -0.05) is 53.7 Å². The zero-order valence-electron chi connectivity index (χ0n) is 15.7. The second kappa shape index (κ2) is 10.1. The highest BCUT2D eigenvalue weighted by Gasteiger charge is 2.30. The van der Waals surface area contributed by atoms with Crippen molar-refractivity contribution in [2.75, 3.05) is 6.61 Å². The van der Waals surface area contributed by atoms with E-state index in [-0.39, 0.29) is 11.3 Å². The van der Waals surface area contributed by atoms with Crippen molar-refractivity contribution in [1.29, 1.82) is 0 Å². The van der Waals surface area contributed by atoms with E-state index in [1.807, 2.05) is 41.5 Å². The van der Waals surface area contributed by atoms with Crippen LogP contribution in [0.15, 0.2) is 12.2 Å². The Hall–Kier alpha value is -0.950. The Labute approximate surface area is 145 Å². The third kappa shape index (κ3) is 8.78. The third-order valence-electron chi connectivity index (χ3n) is 3.75. The quantitative estimate of drug-likeness (QED) is 0.398. The van der Waals surface area contributed by atoms with E-state index in [0.29, 0.717) is 5.92 Å². The molecular weight excluding hydrogens is 310 g/mol. The van der Waals surface area contributed by atoms with E-state index in [1.165, 1.54) is 6.08 Å². The van der Waals surface area contributed by atoms with E-state index in [2.05, 4.69) is 5.32 Å². The Morgan fingerprint density at radius 1 is 1.12 bits per heavy atom. The summed E-state index contributed by atoms with van der Waals surface area (Å²) in [6, 6.07) is -0.889. The zero-order valence-corrected chi connectivity index (χ0v) is 15.7.